The summed E-state index contributed by atoms with van der Waals surface area (Å²) in [4.78, 5) is 13.1. The molecule has 0 aliphatic carbocycles. The van der Waals surface area contributed by atoms with Gasteiger partial charge < -0.3 is 10.2 Å². The number of aliphatic carboxylic acids is 1. The molecule has 2 aliphatic rings. The normalized spacial score (nSPS) is 33.4. The Morgan fingerprint density at radius 2 is 2.10 bits per heavy atom. The monoisotopic (exact) mass is 326 g/mol. The summed E-state index contributed by atoms with van der Waals surface area (Å²) in [6, 6.07) is 7.17. The van der Waals surface area contributed by atoms with E-state index in [1.54, 1.807) is 29.6 Å². The molecule has 21 heavy (non-hydrogen) atoms. The second-order valence-electron chi connectivity index (χ2n) is 5.29. The van der Waals surface area contributed by atoms with Gasteiger partial charge >= 0.3 is 5.97 Å². The van der Waals surface area contributed by atoms with Crippen LogP contribution in [0.15, 0.2) is 24.3 Å². The van der Waals surface area contributed by atoms with Gasteiger partial charge in [-0.25, -0.2) is 0 Å². The van der Waals surface area contributed by atoms with Gasteiger partial charge in [0.05, 0.1) is 10.7 Å². The number of nitrogens with one attached hydrogen (secondary N) is 1. The van der Waals surface area contributed by atoms with Crippen molar-refractivity contribution in [1.29, 1.82) is 0 Å². The van der Waals surface area contributed by atoms with Crippen LogP contribution in [0.5, 0.6) is 5.75 Å². The minimum Gasteiger partial charge on any atom is -0.508 e. The van der Waals surface area contributed by atoms with Crippen LogP contribution in [-0.2, 0) is 4.79 Å². The number of likely N-dealkylation sites (N-methyl/N-ethyl adjacent to an activating group) is 1. The molecule has 2 fully saturated rings. The number of thioether (sulfide) groups is 2. The van der Waals surface area contributed by atoms with Crippen molar-refractivity contribution in [3.05, 3.63) is 29.8 Å². The third-order valence-electron chi connectivity index (χ3n) is 3.97. The van der Waals surface area contributed by atoms with Gasteiger partial charge in [-0.15, -0.1) is 23.5 Å². The fourth-order valence-corrected chi connectivity index (χ4v) is 5.79. The zero-order valence-electron chi connectivity index (χ0n) is 11.6. The summed E-state index contributed by atoms with van der Waals surface area (Å²) in [6.45, 7) is 0. The van der Waals surface area contributed by atoms with Crippen molar-refractivity contribution in [1.82, 2.24) is 10.2 Å². The molecular formula is C14H18N2O3S2. The fourth-order valence-electron chi connectivity index (χ4n) is 2.79. The number of carbonyl (C=O) groups is 1. The average molecular weight is 326 g/mol. The molecule has 114 valence electrons. The van der Waals surface area contributed by atoms with Gasteiger partial charge in [0.15, 0.2) is 0 Å². The van der Waals surface area contributed by atoms with Crippen molar-refractivity contribution in [3.63, 3.8) is 0 Å². The first-order valence-corrected chi connectivity index (χ1v) is 8.89. The Labute approximate surface area is 132 Å². The van der Waals surface area contributed by atoms with Gasteiger partial charge in [0.25, 0.3) is 0 Å². The van der Waals surface area contributed by atoms with E-state index in [9.17, 15) is 15.0 Å². The fraction of sp³-hybridized carbons (Fsp3) is 0.500. The highest BCUT2D eigenvalue weighted by Crippen LogP contribution is 2.41. The number of rotatable bonds is 3. The van der Waals surface area contributed by atoms with Crippen LogP contribution in [0.4, 0.5) is 0 Å². The number of aromatic hydroxyl groups is 1. The van der Waals surface area contributed by atoms with E-state index in [0.29, 0.717) is 11.5 Å². The van der Waals surface area contributed by atoms with E-state index in [4.69, 9.17) is 0 Å². The van der Waals surface area contributed by atoms with Crippen LogP contribution in [0.25, 0.3) is 0 Å². The SMILES string of the molecule is CN1C(C(=O)O)CSC1C1CSC(c2ccccc2O)N1. The quantitative estimate of drug-likeness (QED) is 0.778. The van der Waals surface area contributed by atoms with E-state index in [1.807, 2.05) is 30.1 Å². The first-order chi connectivity index (χ1) is 10.1. The molecule has 3 rings (SSSR count). The van der Waals surface area contributed by atoms with Crippen LogP contribution in [0.2, 0.25) is 0 Å². The van der Waals surface area contributed by atoms with E-state index in [-0.39, 0.29) is 16.8 Å². The Bertz CT molecular complexity index is 543. The lowest BCUT2D eigenvalue weighted by Crippen LogP contribution is -2.47. The molecule has 0 aromatic heterocycles. The second-order valence-corrected chi connectivity index (χ2v) is 7.58. The van der Waals surface area contributed by atoms with Crippen molar-refractivity contribution in [2.45, 2.75) is 22.8 Å². The standard InChI is InChI=1S/C14H18N2O3S2/c1-16-10(14(18)19)7-21-13(16)9-6-20-12(15-9)8-4-2-3-5-11(8)17/h2-5,9-10,12-13,15,17H,6-7H2,1H3,(H,18,19). The van der Waals surface area contributed by atoms with Crippen LogP contribution in [-0.4, -0.2) is 57.1 Å². The third-order valence-corrected chi connectivity index (χ3v) is 6.76. The molecule has 0 bridgehead atoms. The summed E-state index contributed by atoms with van der Waals surface area (Å²) < 4.78 is 0. The van der Waals surface area contributed by atoms with Crippen molar-refractivity contribution < 1.29 is 15.0 Å². The molecule has 4 unspecified atom stereocenters. The van der Waals surface area contributed by atoms with Gasteiger partial charge in [0.2, 0.25) is 0 Å². The Morgan fingerprint density at radius 3 is 2.76 bits per heavy atom. The van der Waals surface area contributed by atoms with Gasteiger partial charge in [-0.3, -0.25) is 15.0 Å². The molecule has 0 spiro atoms. The van der Waals surface area contributed by atoms with Crippen molar-refractivity contribution in [2.75, 3.05) is 18.6 Å². The average Bonchev–Trinajstić information content (AvgIpc) is 3.05. The summed E-state index contributed by atoms with van der Waals surface area (Å²) in [6.07, 6.45) is 0. The maximum atomic E-state index is 11.2. The Hall–Kier alpha value is -0.890. The number of phenols is 1. The van der Waals surface area contributed by atoms with Gasteiger partial charge in [-0.05, 0) is 13.1 Å². The Balaban J connectivity index is 1.68. The number of phenolic OH excluding ortho intramolecular Hbond substituents is 1. The first kappa shape index (κ1) is 15.0. The predicted molar refractivity (Wildman–Crippen MR) is 85.7 cm³/mol. The first-order valence-electron chi connectivity index (χ1n) is 6.80. The molecular weight excluding hydrogens is 308 g/mol. The number of benzene rings is 1. The van der Waals surface area contributed by atoms with E-state index in [2.05, 4.69) is 5.32 Å². The lowest BCUT2D eigenvalue weighted by atomic mass is 10.2. The molecule has 0 radical (unpaired) electrons. The highest BCUT2D eigenvalue weighted by atomic mass is 32.2. The maximum Gasteiger partial charge on any atom is 0.321 e. The smallest absolute Gasteiger partial charge is 0.321 e. The molecule has 0 amide bonds. The number of hydrogen-bond acceptors (Lipinski definition) is 6. The topological polar surface area (TPSA) is 72.8 Å². The summed E-state index contributed by atoms with van der Waals surface area (Å²) in [5.41, 5.74) is 0.894. The molecule has 2 heterocycles. The van der Waals surface area contributed by atoms with Gasteiger partial charge in [0.1, 0.15) is 11.8 Å². The maximum absolute atomic E-state index is 11.2. The molecule has 7 heteroatoms. The highest BCUT2D eigenvalue weighted by molar-refractivity contribution is 8.01. The molecule has 2 saturated heterocycles. The Morgan fingerprint density at radius 1 is 1.33 bits per heavy atom. The largest absolute Gasteiger partial charge is 0.508 e. The summed E-state index contributed by atoms with van der Waals surface area (Å²) in [5, 5.41) is 22.9. The molecule has 1 aromatic rings. The zero-order valence-corrected chi connectivity index (χ0v) is 13.2. The van der Waals surface area contributed by atoms with Crippen molar-refractivity contribution in [3.8, 4) is 5.75 Å². The van der Waals surface area contributed by atoms with E-state index < -0.39 is 12.0 Å². The van der Waals surface area contributed by atoms with Crippen molar-refractivity contribution >= 4 is 29.5 Å². The number of nitrogens with zero attached hydrogens (tertiary/aromatic N) is 1. The van der Waals surface area contributed by atoms with Crippen LogP contribution in [0.1, 0.15) is 10.9 Å². The lowest BCUT2D eigenvalue weighted by molar-refractivity contribution is -0.141. The second kappa shape index (κ2) is 6.08. The number of carboxylic acids is 1. The highest BCUT2D eigenvalue weighted by Gasteiger charge is 2.42. The van der Waals surface area contributed by atoms with E-state index >= 15 is 0 Å². The van der Waals surface area contributed by atoms with Crippen LogP contribution < -0.4 is 5.32 Å². The number of carboxylic acid groups (broad SMARTS) is 1. The van der Waals surface area contributed by atoms with Gasteiger partial charge in [-0.2, -0.15) is 0 Å². The summed E-state index contributed by atoms with van der Waals surface area (Å²) in [7, 11) is 1.88. The van der Waals surface area contributed by atoms with Crippen molar-refractivity contribution in [2.24, 2.45) is 0 Å². The lowest BCUT2D eigenvalue weighted by Gasteiger charge is -2.27. The predicted octanol–water partition coefficient (Wildman–Crippen LogP) is 1.55. The molecule has 0 saturated carbocycles. The van der Waals surface area contributed by atoms with Crippen LogP contribution in [0.3, 0.4) is 0 Å². The molecule has 4 atom stereocenters. The molecule has 3 N–H and O–H groups in total. The van der Waals surface area contributed by atoms with E-state index in [1.165, 1.54) is 0 Å². The third kappa shape index (κ3) is 2.88. The number of hydrogen-bond donors (Lipinski definition) is 3. The summed E-state index contributed by atoms with van der Waals surface area (Å²) >= 11 is 3.45. The van der Waals surface area contributed by atoms with E-state index in [0.717, 1.165) is 11.3 Å². The van der Waals surface area contributed by atoms with Crippen LogP contribution in [0, 0.1) is 0 Å². The molecule has 5 nitrogen and oxygen atoms in total. The minimum absolute atomic E-state index is 0.0640. The minimum atomic E-state index is -0.754. The Kier molecular flexibility index (Phi) is 4.35. The zero-order chi connectivity index (χ0) is 15.0. The molecule has 1 aromatic carbocycles. The summed E-state index contributed by atoms with van der Waals surface area (Å²) in [5.74, 6) is 1.09. The number of para-hydroxylation sites is 1. The molecule has 2 aliphatic heterocycles. The van der Waals surface area contributed by atoms with Gasteiger partial charge in [-0.1, -0.05) is 18.2 Å². The van der Waals surface area contributed by atoms with Crippen LogP contribution >= 0.6 is 23.5 Å². The van der Waals surface area contributed by atoms with Gasteiger partial charge in [0, 0.05) is 23.1 Å².